The van der Waals surface area contributed by atoms with Crippen molar-refractivity contribution in [2.24, 2.45) is 15.4 Å². The van der Waals surface area contributed by atoms with Crippen LogP contribution in [-0.4, -0.2) is 32.9 Å². The minimum atomic E-state index is -3.82. The lowest BCUT2D eigenvalue weighted by molar-refractivity contribution is 0.166. The normalized spacial score (nSPS) is 19.2. The number of phenols is 1. The molecule has 1 aliphatic carbocycles. The van der Waals surface area contributed by atoms with Crippen molar-refractivity contribution in [1.29, 1.82) is 0 Å². The zero-order chi connectivity index (χ0) is 20.3. The summed E-state index contributed by atoms with van der Waals surface area (Å²) in [5.74, 6) is -0.113. The SMILES string of the molecule is CCOCNc1cc(N=NC2=C3C=C(S(N)(=O)=O)C=CC3NS2)cc(Cl)c1O. The van der Waals surface area contributed by atoms with Crippen molar-refractivity contribution < 1.29 is 18.3 Å². The van der Waals surface area contributed by atoms with E-state index in [1.807, 2.05) is 6.92 Å². The molecule has 5 N–H and O–H groups in total. The molecule has 0 radical (unpaired) electrons. The zero-order valence-electron chi connectivity index (χ0n) is 14.7. The van der Waals surface area contributed by atoms with E-state index in [1.165, 1.54) is 30.2 Å². The molecular weight excluding hydrogens is 426 g/mol. The molecule has 12 heteroatoms. The minimum absolute atomic E-state index is 0.00541. The average molecular weight is 444 g/mol. The van der Waals surface area contributed by atoms with Gasteiger partial charge in [0.1, 0.15) is 11.8 Å². The van der Waals surface area contributed by atoms with Crippen LogP contribution in [0.2, 0.25) is 5.02 Å². The van der Waals surface area contributed by atoms with Gasteiger partial charge in [0.2, 0.25) is 10.0 Å². The van der Waals surface area contributed by atoms with Crippen molar-refractivity contribution in [2.45, 2.75) is 13.0 Å². The van der Waals surface area contributed by atoms with Crippen LogP contribution in [0.25, 0.3) is 0 Å². The van der Waals surface area contributed by atoms with Crippen molar-refractivity contribution in [3.8, 4) is 5.75 Å². The van der Waals surface area contributed by atoms with Gasteiger partial charge in [0.25, 0.3) is 0 Å². The summed E-state index contributed by atoms with van der Waals surface area (Å²) in [4.78, 5) is 0.00541. The van der Waals surface area contributed by atoms with E-state index in [4.69, 9.17) is 21.5 Å². The summed E-state index contributed by atoms with van der Waals surface area (Å²) in [6.07, 6.45) is 4.62. The molecule has 1 unspecified atom stereocenters. The molecule has 0 bridgehead atoms. The van der Waals surface area contributed by atoms with E-state index in [-0.39, 0.29) is 28.4 Å². The first-order chi connectivity index (χ1) is 13.3. The Bertz CT molecular complexity index is 1000. The first kappa shape index (κ1) is 20.8. The molecule has 2 aliphatic rings. The zero-order valence-corrected chi connectivity index (χ0v) is 17.1. The van der Waals surface area contributed by atoms with E-state index < -0.39 is 10.0 Å². The van der Waals surface area contributed by atoms with E-state index in [1.54, 1.807) is 12.1 Å². The van der Waals surface area contributed by atoms with Gasteiger partial charge in [-0.1, -0.05) is 17.7 Å². The number of halogens is 1. The Morgan fingerprint density at radius 1 is 1.43 bits per heavy atom. The highest BCUT2D eigenvalue weighted by atomic mass is 35.5. The van der Waals surface area contributed by atoms with Crippen LogP contribution in [0.5, 0.6) is 5.75 Å². The third-order valence-electron chi connectivity index (χ3n) is 3.82. The van der Waals surface area contributed by atoms with Crippen LogP contribution in [-0.2, 0) is 14.8 Å². The maximum atomic E-state index is 11.6. The Morgan fingerprint density at radius 2 is 2.21 bits per heavy atom. The van der Waals surface area contributed by atoms with Gasteiger partial charge in [-0.05, 0) is 43.2 Å². The summed E-state index contributed by atoms with van der Waals surface area (Å²) in [5, 5.41) is 27.1. The molecule has 1 heterocycles. The molecule has 0 spiro atoms. The highest BCUT2D eigenvalue weighted by Gasteiger charge is 2.27. The monoisotopic (exact) mass is 443 g/mol. The molecule has 28 heavy (non-hydrogen) atoms. The number of fused-ring (bicyclic) bond motifs is 1. The fourth-order valence-corrected chi connectivity index (χ4v) is 4.03. The number of phenolic OH excluding ortho intramolecular Hbond substituents is 1. The van der Waals surface area contributed by atoms with Crippen LogP contribution in [0.3, 0.4) is 0 Å². The summed E-state index contributed by atoms with van der Waals surface area (Å²) >= 11 is 7.27. The number of primary sulfonamides is 1. The molecule has 150 valence electrons. The van der Waals surface area contributed by atoms with Crippen LogP contribution in [0.15, 0.2) is 56.1 Å². The fourth-order valence-electron chi connectivity index (χ4n) is 2.43. The number of rotatable bonds is 7. The number of hydrogen-bond acceptors (Lipinski definition) is 9. The number of anilines is 1. The molecule has 0 saturated carbocycles. The molecular formula is C16H18ClN5O4S2. The maximum absolute atomic E-state index is 11.6. The van der Waals surface area contributed by atoms with Crippen LogP contribution in [0.1, 0.15) is 6.92 Å². The van der Waals surface area contributed by atoms with Crippen molar-refractivity contribution in [3.63, 3.8) is 0 Å². The molecule has 0 fully saturated rings. The summed E-state index contributed by atoms with van der Waals surface area (Å²) in [6.45, 7) is 2.57. The number of aromatic hydroxyl groups is 1. The number of nitrogens with one attached hydrogen (secondary N) is 2. The molecule has 1 aromatic carbocycles. The van der Waals surface area contributed by atoms with Gasteiger partial charge in [-0.15, -0.1) is 10.2 Å². The Kier molecular flexibility index (Phi) is 6.43. The number of ether oxygens (including phenoxy) is 1. The fraction of sp³-hybridized carbons (Fsp3) is 0.250. The number of sulfonamides is 1. The number of hydrogen-bond donors (Lipinski definition) is 4. The van der Waals surface area contributed by atoms with Gasteiger partial charge in [-0.2, -0.15) is 0 Å². The molecule has 1 atom stereocenters. The quantitative estimate of drug-likeness (QED) is 0.167. The molecule has 9 nitrogen and oxygen atoms in total. The van der Waals surface area contributed by atoms with Crippen molar-refractivity contribution in [2.75, 3.05) is 18.7 Å². The largest absolute Gasteiger partial charge is 0.504 e. The first-order valence-corrected chi connectivity index (χ1v) is 10.9. The Hall–Kier alpha value is -1.89. The Balaban J connectivity index is 1.87. The van der Waals surface area contributed by atoms with Crippen molar-refractivity contribution in [1.82, 2.24) is 4.72 Å². The molecule has 1 aromatic rings. The van der Waals surface area contributed by atoms with Crippen LogP contribution < -0.4 is 15.2 Å². The molecule has 0 saturated heterocycles. The highest BCUT2D eigenvalue weighted by molar-refractivity contribution is 8.01. The van der Waals surface area contributed by atoms with Gasteiger partial charge in [0.15, 0.2) is 5.75 Å². The number of allylic oxidation sites excluding steroid dienone is 1. The third kappa shape index (κ3) is 4.74. The Labute approximate surface area is 171 Å². The van der Waals surface area contributed by atoms with E-state index in [0.29, 0.717) is 28.6 Å². The predicted molar refractivity (Wildman–Crippen MR) is 110 cm³/mol. The lowest BCUT2D eigenvalue weighted by Gasteiger charge is -2.12. The second-order valence-corrected chi connectivity index (χ2v) is 8.54. The first-order valence-electron chi connectivity index (χ1n) is 8.14. The standard InChI is InChI=1S/C16H18ClN5O4S2/c1-2-26-8-19-14-6-9(5-12(17)15(14)23)20-21-16-11-7-10(28(18,24)25)3-4-13(11)22-27-16/h3-7,13,19,22-23H,2,8H2,1H3,(H2,18,24,25). The number of azo groups is 1. The van der Waals surface area contributed by atoms with Gasteiger partial charge in [0, 0.05) is 12.2 Å². The van der Waals surface area contributed by atoms with Gasteiger partial charge < -0.3 is 15.2 Å². The van der Waals surface area contributed by atoms with Gasteiger partial charge in [-0.25, -0.2) is 18.3 Å². The van der Waals surface area contributed by atoms with E-state index in [9.17, 15) is 13.5 Å². The molecule has 1 aliphatic heterocycles. The lowest BCUT2D eigenvalue weighted by Crippen LogP contribution is -2.22. The molecule has 3 rings (SSSR count). The summed E-state index contributed by atoms with van der Waals surface area (Å²) < 4.78 is 31.5. The molecule has 0 amide bonds. The lowest BCUT2D eigenvalue weighted by atomic mass is 10.0. The maximum Gasteiger partial charge on any atom is 0.238 e. The highest BCUT2D eigenvalue weighted by Crippen LogP contribution is 2.38. The topological polar surface area (TPSA) is 138 Å². The van der Waals surface area contributed by atoms with E-state index in [2.05, 4.69) is 20.3 Å². The number of nitrogens with zero attached hydrogens (tertiary/aromatic N) is 2. The van der Waals surface area contributed by atoms with Crippen LogP contribution >= 0.6 is 23.5 Å². The second kappa shape index (κ2) is 8.64. The Morgan fingerprint density at radius 3 is 2.93 bits per heavy atom. The van der Waals surface area contributed by atoms with E-state index >= 15 is 0 Å². The van der Waals surface area contributed by atoms with Gasteiger partial charge >= 0.3 is 0 Å². The predicted octanol–water partition coefficient (Wildman–Crippen LogP) is 3.11. The van der Waals surface area contributed by atoms with Crippen molar-refractivity contribution in [3.05, 3.63) is 50.9 Å². The van der Waals surface area contributed by atoms with Gasteiger partial charge in [-0.3, -0.25) is 0 Å². The third-order valence-corrected chi connectivity index (χ3v) is 5.90. The average Bonchev–Trinajstić information content (AvgIpc) is 3.05. The summed E-state index contributed by atoms with van der Waals surface area (Å²) in [6, 6.07) is 2.86. The number of benzene rings is 1. The smallest absolute Gasteiger partial charge is 0.238 e. The number of nitrogens with two attached hydrogens (primary N) is 1. The summed E-state index contributed by atoms with van der Waals surface area (Å²) in [5.41, 5.74) is 1.42. The summed E-state index contributed by atoms with van der Waals surface area (Å²) in [7, 11) is -3.82. The second-order valence-electron chi connectivity index (χ2n) is 5.75. The van der Waals surface area contributed by atoms with Crippen LogP contribution in [0, 0.1) is 0 Å². The van der Waals surface area contributed by atoms with Gasteiger partial charge in [0.05, 0.1) is 27.3 Å². The van der Waals surface area contributed by atoms with Crippen molar-refractivity contribution >= 4 is 44.9 Å². The molecule has 0 aromatic heterocycles. The minimum Gasteiger partial charge on any atom is -0.504 e. The van der Waals surface area contributed by atoms with E-state index in [0.717, 1.165) is 0 Å². The van der Waals surface area contributed by atoms with Crippen LogP contribution in [0.4, 0.5) is 11.4 Å².